The molecule has 7 nitrogen and oxygen atoms in total. The maximum Gasteiger partial charge on any atom is 0.163 e. The third-order valence-electron chi connectivity index (χ3n) is 3.60. The molecule has 5 rings (SSSR count). The van der Waals surface area contributed by atoms with Crippen LogP contribution in [0, 0.1) is 5.41 Å². The Balaban J connectivity index is 2.11. The molecule has 0 aliphatic heterocycles. The summed E-state index contributed by atoms with van der Waals surface area (Å²) in [6, 6.07) is 0. The van der Waals surface area contributed by atoms with E-state index in [2.05, 4.69) is 37.5 Å². The fourth-order valence-electron chi connectivity index (χ4n) is 2.72. The highest BCUT2D eigenvalue weighted by Gasteiger charge is 2.34. The van der Waals surface area contributed by atoms with Crippen molar-refractivity contribution in [1.82, 2.24) is 20.3 Å². The molecule has 0 atom stereocenters. The van der Waals surface area contributed by atoms with Crippen LogP contribution >= 0.6 is 35.5 Å². The van der Waals surface area contributed by atoms with Crippen LogP contribution in [0.1, 0.15) is 11.3 Å². The molecule has 3 heterocycles. The van der Waals surface area contributed by atoms with Gasteiger partial charge in [-0.05, 0) is 23.1 Å². The van der Waals surface area contributed by atoms with Gasteiger partial charge in [-0.25, -0.2) is 19.0 Å². The Morgan fingerprint density at radius 2 is 1.86 bits per heavy atom. The number of nitrogens with one attached hydrogen (secondary N) is 1. The minimum absolute atomic E-state index is 0.266. The minimum Gasteiger partial charge on any atom is -0.298 e. The molecule has 1 aliphatic carbocycles. The zero-order valence-electron chi connectivity index (χ0n) is 10.6. The third-order valence-corrected chi connectivity index (χ3v) is 5.49. The van der Waals surface area contributed by atoms with Crippen LogP contribution in [0.25, 0.3) is 31.7 Å². The summed E-state index contributed by atoms with van der Waals surface area (Å²) in [6.45, 7) is 0. The van der Waals surface area contributed by atoms with E-state index in [9.17, 15) is 0 Å². The molecule has 0 saturated heterocycles. The first-order chi connectivity index (χ1) is 10.8. The third kappa shape index (κ3) is 1.32. The second-order valence-electron chi connectivity index (χ2n) is 4.60. The largest absolute Gasteiger partial charge is 0.298 e. The molecule has 0 spiro atoms. The van der Waals surface area contributed by atoms with Crippen LogP contribution in [0.4, 0.5) is 0 Å². The highest BCUT2D eigenvalue weighted by atomic mass is 32.1. The number of hydrogen-bond acceptors (Lipinski definition) is 10. The highest BCUT2D eigenvalue weighted by Crippen LogP contribution is 2.44. The molecular weight excluding hydrogens is 340 g/mol. The molecule has 0 saturated carbocycles. The second-order valence-corrected chi connectivity index (χ2v) is 6.50. The van der Waals surface area contributed by atoms with Gasteiger partial charge in [-0.3, -0.25) is 5.41 Å². The van der Waals surface area contributed by atoms with Gasteiger partial charge in [-0.2, -0.15) is 0 Å². The predicted molar refractivity (Wildman–Crippen MR) is 88.4 cm³/mol. The smallest absolute Gasteiger partial charge is 0.163 e. The molecule has 0 bridgehead atoms. The van der Waals surface area contributed by atoms with E-state index < -0.39 is 0 Å². The first kappa shape index (κ1) is 12.4. The average molecular weight is 344 g/mol. The van der Waals surface area contributed by atoms with E-state index in [1.807, 2.05) is 0 Å². The topological polar surface area (TPSA) is 101 Å². The normalized spacial score (nSPS) is 15.7. The van der Waals surface area contributed by atoms with Crippen molar-refractivity contribution in [2.24, 2.45) is 4.40 Å². The lowest BCUT2D eigenvalue weighted by atomic mass is 9.89. The van der Waals surface area contributed by atoms with E-state index in [1.54, 1.807) is 11.0 Å². The lowest BCUT2D eigenvalue weighted by Crippen LogP contribution is -2.22. The van der Waals surface area contributed by atoms with Gasteiger partial charge in [-0.15, -0.1) is 22.7 Å². The van der Waals surface area contributed by atoms with E-state index in [4.69, 9.17) is 10.0 Å². The molecule has 0 unspecified atom stereocenters. The summed E-state index contributed by atoms with van der Waals surface area (Å²) in [5.74, 6) is 0. The Morgan fingerprint density at radius 1 is 1.05 bits per heavy atom. The van der Waals surface area contributed by atoms with Gasteiger partial charge in [0.1, 0.15) is 22.4 Å². The Bertz CT molecular complexity index is 1120. The first-order valence-electron chi connectivity index (χ1n) is 6.08. The van der Waals surface area contributed by atoms with E-state index in [1.165, 1.54) is 22.7 Å². The van der Waals surface area contributed by atoms with Crippen molar-refractivity contribution < 1.29 is 4.63 Å². The number of hydrogen-bond donors (Lipinski definition) is 2. The summed E-state index contributed by atoms with van der Waals surface area (Å²) < 4.78 is 9.75. The minimum atomic E-state index is 0.266. The molecular formula is C12H4N6OS3. The van der Waals surface area contributed by atoms with Crippen molar-refractivity contribution in [2.75, 3.05) is 0 Å². The Hall–Kier alpha value is -2.17. The zero-order valence-corrected chi connectivity index (χ0v) is 13.1. The number of nitrogens with zero attached hydrogens (tertiary/aromatic N) is 5. The fraction of sp³-hybridized carbons (Fsp3) is 0. The van der Waals surface area contributed by atoms with Gasteiger partial charge < -0.3 is 0 Å². The highest BCUT2D eigenvalue weighted by molar-refractivity contribution is 7.79. The maximum atomic E-state index is 8.53. The Labute approximate surface area is 135 Å². The molecule has 10 heteroatoms. The summed E-state index contributed by atoms with van der Waals surface area (Å²) in [6.07, 6.45) is 0. The quantitative estimate of drug-likeness (QED) is 0.478. The number of benzene rings is 1. The van der Waals surface area contributed by atoms with Crippen LogP contribution in [0.15, 0.2) is 20.0 Å². The van der Waals surface area contributed by atoms with Gasteiger partial charge in [-0.1, -0.05) is 0 Å². The number of thiol groups is 1. The molecule has 4 aromatic rings. The number of rotatable bonds is 0. The van der Waals surface area contributed by atoms with Crippen molar-refractivity contribution in [3.05, 3.63) is 22.3 Å². The predicted octanol–water partition coefficient (Wildman–Crippen LogP) is 2.97. The van der Waals surface area contributed by atoms with Gasteiger partial charge in [0.25, 0.3) is 0 Å². The standard InChI is InChI=1S/C12H4N6OS3/c13-5-3-4(12-9(7(5)18-20)14-1-22-12)6-8(17-19-16-6)10-11(3)21-2-15-10/h1-2,13,20H/b13-5?,18-7+. The number of aromatic nitrogens is 4. The number of thiazole rings is 2. The summed E-state index contributed by atoms with van der Waals surface area (Å²) in [7, 11) is 0. The van der Waals surface area contributed by atoms with Crippen LogP contribution in [0.3, 0.4) is 0 Å². The second kappa shape index (κ2) is 4.18. The molecule has 22 heavy (non-hydrogen) atoms. The molecule has 0 amide bonds. The van der Waals surface area contributed by atoms with Crippen LogP contribution in [0.5, 0.6) is 0 Å². The Morgan fingerprint density at radius 3 is 2.73 bits per heavy atom. The van der Waals surface area contributed by atoms with Crippen LogP contribution in [-0.4, -0.2) is 31.7 Å². The van der Waals surface area contributed by atoms with Crippen molar-refractivity contribution >= 4 is 68.2 Å². The van der Waals surface area contributed by atoms with Crippen LogP contribution < -0.4 is 0 Å². The van der Waals surface area contributed by atoms with Gasteiger partial charge >= 0.3 is 0 Å². The van der Waals surface area contributed by atoms with Crippen molar-refractivity contribution in [3.63, 3.8) is 0 Å². The monoisotopic (exact) mass is 344 g/mol. The first-order valence-corrected chi connectivity index (χ1v) is 8.24. The summed E-state index contributed by atoms with van der Waals surface area (Å²) in [5.41, 5.74) is 8.27. The molecule has 1 aromatic carbocycles. The maximum absolute atomic E-state index is 8.53. The van der Waals surface area contributed by atoms with E-state index in [0.29, 0.717) is 28.0 Å². The fourth-order valence-corrected chi connectivity index (χ4v) is 4.60. The molecule has 3 aromatic heterocycles. The van der Waals surface area contributed by atoms with E-state index in [0.717, 1.165) is 20.7 Å². The summed E-state index contributed by atoms with van der Waals surface area (Å²) in [4.78, 5) is 9.57. The lowest BCUT2D eigenvalue weighted by molar-refractivity contribution is 0.316. The Kier molecular flexibility index (Phi) is 2.35. The number of fused-ring (bicyclic) bond motifs is 8. The average Bonchev–Trinajstić information content (AvgIpc) is 3.25. The lowest BCUT2D eigenvalue weighted by Gasteiger charge is -2.18. The van der Waals surface area contributed by atoms with E-state index >= 15 is 0 Å². The van der Waals surface area contributed by atoms with Gasteiger partial charge in [0, 0.05) is 11.1 Å². The van der Waals surface area contributed by atoms with Gasteiger partial charge in [0.2, 0.25) is 0 Å². The zero-order chi connectivity index (χ0) is 14.8. The molecule has 0 fully saturated rings. The van der Waals surface area contributed by atoms with Crippen molar-refractivity contribution in [2.45, 2.75) is 0 Å². The van der Waals surface area contributed by atoms with Gasteiger partial charge in [0.05, 0.1) is 26.3 Å². The van der Waals surface area contributed by atoms with Gasteiger partial charge in [0.15, 0.2) is 5.52 Å². The van der Waals surface area contributed by atoms with Crippen LogP contribution in [-0.2, 0) is 0 Å². The molecule has 0 radical (unpaired) electrons. The van der Waals surface area contributed by atoms with Crippen molar-refractivity contribution in [3.8, 4) is 10.4 Å². The molecule has 106 valence electrons. The van der Waals surface area contributed by atoms with Crippen molar-refractivity contribution in [1.29, 1.82) is 5.41 Å². The molecule has 1 N–H and O–H groups in total. The SMILES string of the molecule is N=C1/C(=N\S)c2ncsc2-c2c1c1scnc1c1nonc21. The van der Waals surface area contributed by atoms with Crippen LogP contribution in [0.2, 0.25) is 0 Å². The molecule has 1 aliphatic rings. The summed E-state index contributed by atoms with van der Waals surface area (Å²) in [5, 5.41) is 16.5. The summed E-state index contributed by atoms with van der Waals surface area (Å²) >= 11 is 6.94. The van der Waals surface area contributed by atoms with E-state index in [-0.39, 0.29) is 5.71 Å².